The third kappa shape index (κ3) is 6.74. The zero-order valence-electron chi connectivity index (χ0n) is 16.0. The van der Waals surface area contributed by atoms with Gasteiger partial charge in [0.25, 0.3) is 0 Å². The Morgan fingerprint density at radius 1 is 1.12 bits per heavy atom. The number of ether oxygens (including phenoxy) is 2. The van der Waals surface area contributed by atoms with Gasteiger partial charge in [0.15, 0.2) is 0 Å². The highest BCUT2D eigenvalue weighted by Gasteiger charge is 2.34. The van der Waals surface area contributed by atoms with Gasteiger partial charge in [-0.3, -0.25) is 9.69 Å². The van der Waals surface area contributed by atoms with Crippen LogP contribution in [0.2, 0.25) is 0 Å². The minimum atomic E-state index is -0.835. The van der Waals surface area contributed by atoms with Gasteiger partial charge in [0.1, 0.15) is 12.2 Å². The zero-order chi connectivity index (χ0) is 19.2. The smallest absolute Gasteiger partial charge is 0.411 e. The number of esters is 1. The standard InChI is InChI=1S/C19H30N2O4/c1-13(2)21(18(23)25-19(4,5)6)16(20)14(3)17(22)24-12-15-10-8-7-9-11-15/h7-11,13-14,16H,12,20H2,1-6H3. The molecule has 140 valence electrons. The molecule has 2 N–H and O–H groups in total. The Bertz CT molecular complexity index is 567. The highest BCUT2D eigenvalue weighted by molar-refractivity contribution is 5.75. The van der Waals surface area contributed by atoms with E-state index in [9.17, 15) is 9.59 Å². The summed E-state index contributed by atoms with van der Waals surface area (Å²) in [7, 11) is 0. The number of nitrogens with zero attached hydrogens (tertiary/aromatic N) is 1. The van der Waals surface area contributed by atoms with Crippen molar-refractivity contribution in [3.63, 3.8) is 0 Å². The Labute approximate surface area is 150 Å². The van der Waals surface area contributed by atoms with E-state index in [1.54, 1.807) is 27.7 Å². The van der Waals surface area contributed by atoms with Crippen LogP contribution in [-0.2, 0) is 20.9 Å². The van der Waals surface area contributed by atoms with Crippen LogP contribution in [0, 0.1) is 5.92 Å². The summed E-state index contributed by atoms with van der Waals surface area (Å²) < 4.78 is 10.7. The van der Waals surface area contributed by atoms with Crippen LogP contribution in [0.4, 0.5) is 4.79 Å². The van der Waals surface area contributed by atoms with Crippen molar-refractivity contribution < 1.29 is 19.1 Å². The molecule has 1 rings (SSSR count). The van der Waals surface area contributed by atoms with Crippen molar-refractivity contribution in [1.82, 2.24) is 4.90 Å². The van der Waals surface area contributed by atoms with Gasteiger partial charge in [-0.15, -0.1) is 0 Å². The number of rotatable bonds is 6. The number of amides is 1. The van der Waals surface area contributed by atoms with Gasteiger partial charge in [-0.25, -0.2) is 4.79 Å². The van der Waals surface area contributed by atoms with Gasteiger partial charge in [-0.05, 0) is 47.1 Å². The molecule has 0 saturated heterocycles. The maximum atomic E-state index is 12.4. The molecular formula is C19H30N2O4. The van der Waals surface area contributed by atoms with Gasteiger partial charge in [0.05, 0.1) is 12.1 Å². The van der Waals surface area contributed by atoms with E-state index >= 15 is 0 Å². The van der Waals surface area contributed by atoms with E-state index in [0.717, 1.165) is 5.56 Å². The summed E-state index contributed by atoms with van der Waals surface area (Å²) in [5, 5.41) is 0. The average molecular weight is 350 g/mol. The van der Waals surface area contributed by atoms with Crippen molar-refractivity contribution in [1.29, 1.82) is 0 Å². The normalized spacial score (nSPS) is 13.9. The highest BCUT2D eigenvalue weighted by Crippen LogP contribution is 2.18. The lowest BCUT2D eigenvalue weighted by atomic mass is 10.1. The van der Waals surface area contributed by atoms with Crippen LogP contribution in [-0.4, -0.2) is 34.8 Å². The monoisotopic (exact) mass is 350 g/mol. The predicted octanol–water partition coefficient (Wildman–Crippen LogP) is 3.30. The summed E-state index contributed by atoms with van der Waals surface area (Å²) in [6.07, 6.45) is -1.38. The lowest BCUT2D eigenvalue weighted by Crippen LogP contribution is -2.55. The minimum absolute atomic E-state index is 0.171. The molecule has 0 aliphatic heterocycles. The van der Waals surface area contributed by atoms with Crippen LogP contribution in [0.3, 0.4) is 0 Å². The van der Waals surface area contributed by atoms with E-state index in [-0.39, 0.29) is 12.6 Å². The molecule has 6 nitrogen and oxygen atoms in total. The second-order valence-electron chi connectivity index (χ2n) is 7.35. The van der Waals surface area contributed by atoms with Crippen LogP contribution in [0.1, 0.15) is 47.1 Å². The molecule has 0 bridgehead atoms. The third-order valence-electron chi connectivity index (χ3n) is 3.59. The number of hydrogen-bond donors (Lipinski definition) is 1. The van der Waals surface area contributed by atoms with Gasteiger partial charge in [-0.1, -0.05) is 30.3 Å². The van der Waals surface area contributed by atoms with E-state index in [0.29, 0.717) is 0 Å². The molecule has 1 amide bonds. The highest BCUT2D eigenvalue weighted by atomic mass is 16.6. The first-order valence-corrected chi connectivity index (χ1v) is 8.50. The topological polar surface area (TPSA) is 81.9 Å². The summed E-state index contributed by atoms with van der Waals surface area (Å²) in [5.41, 5.74) is 6.43. The third-order valence-corrected chi connectivity index (χ3v) is 3.59. The Balaban J connectivity index is 2.73. The Morgan fingerprint density at radius 3 is 2.16 bits per heavy atom. The molecule has 2 unspecified atom stereocenters. The van der Waals surface area contributed by atoms with E-state index in [1.807, 2.05) is 44.2 Å². The second kappa shape index (κ2) is 8.85. The largest absolute Gasteiger partial charge is 0.461 e. The molecule has 0 aliphatic rings. The van der Waals surface area contributed by atoms with E-state index < -0.39 is 29.7 Å². The predicted molar refractivity (Wildman–Crippen MR) is 96.6 cm³/mol. The molecule has 2 atom stereocenters. The second-order valence-corrected chi connectivity index (χ2v) is 7.35. The zero-order valence-corrected chi connectivity index (χ0v) is 16.0. The molecule has 0 heterocycles. The van der Waals surface area contributed by atoms with Crippen molar-refractivity contribution in [3.05, 3.63) is 35.9 Å². The molecule has 6 heteroatoms. The van der Waals surface area contributed by atoms with Crippen LogP contribution in [0.15, 0.2) is 30.3 Å². The molecule has 0 spiro atoms. The molecule has 0 aromatic heterocycles. The lowest BCUT2D eigenvalue weighted by Gasteiger charge is -2.36. The van der Waals surface area contributed by atoms with Crippen molar-refractivity contribution in [2.45, 2.75) is 66.0 Å². The number of hydrogen-bond acceptors (Lipinski definition) is 5. The Morgan fingerprint density at radius 2 is 1.68 bits per heavy atom. The fourth-order valence-corrected chi connectivity index (χ4v) is 2.23. The number of carbonyl (C=O) groups excluding carboxylic acids is 2. The van der Waals surface area contributed by atoms with E-state index in [1.165, 1.54) is 4.90 Å². The first-order valence-electron chi connectivity index (χ1n) is 8.50. The molecule has 25 heavy (non-hydrogen) atoms. The van der Waals surface area contributed by atoms with Crippen LogP contribution in [0.5, 0.6) is 0 Å². The molecule has 1 aromatic carbocycles. The van der Waals surface area contributed by atoms with Gasteiger partial charge in [0, 0.05) is 6.04 Å². The quantitative estimate of drug-likeness (QED) is 0.629. The van der Waals surface area contributed by atoms with Crippen LogP contribution >= 0.6 is 0 Å². The molecule has 0 fully saturated rings. The fraction of sp³-hybridized carbons (Fsp3) is 0.579. The Hall–Kier alpha value is -2.08. The van der Waals surface area contributed by atoms with Gasteiger partial charge in [-0.2, -0.15) is 0 Å². The van der Waals surface area contributed by atoms with E-state index in [2.05, 4.69) is 0 Å². The fourth-order valence-electron chi connectivity index (χ4n) is 2.23. The molecule has 0 saturated carbocycles. The van der Waals surface area contributed by atoms with Gasteiger partial charge < -0.3 is 15.2 Å². The summed E-state index contributed by atoms with van der Waals surface area (Å²) in [5.74, 6) is -1.14. The maximum Gasteiger partial charge on any atom is 0.411 e. The van der Waals surface area contributed by atoms with Crippen molar-refractivity contribution in [2.24, 2.45) is 11.7 Å². The van der Waals surface area contributed by atoms with Crippen molar-refractivity contribution >= 4 is 12.1 Å². The summed E-state index contributed by atoms with van der Waals surface area (Å²) >= 11 is 0. The SMILES string of the molecule is CC(C(=O)OCc1ccccc1)C(N)N(C(=O)OC(C)(C)C)C(C)C. The lowest BCUT2D eigenvalue weighted by molar-refractivity contribution is -0.151. The molecule has 0 radical (unpaired) electrons. The van der Waals surface area contributed by atoms with Gasteiger partial charge in [0.2, 0.25) is 0 Å². The van der Waals surface area contributed by atoms with Crippen LogP contribution in [0.25, 0.3) is 0 Å². The van der Waals surface area contributed by atoms with Crippen molar-refractivity contribution in [3.8, 4) is 0 Å². The minimum Gasteiger partial charge on any atom is -0.461 e. The summed E-state index contributed by atoms with van der Waals surface area (Å²) in [4.78, 5) is 26.1. The average Bonchev–Trinajstić information content (AvgIpc) is 2.50. The van der Waals surface area contributed by atoms with Crippen molar-refractivity contribution in [2.75, 3.05) is 0 Å². The molecular weight excluding hydrogens is 320 g/mol. The first kappa shape index (κ1) is 21.0. The summed E-state index contributed by atoms with van der Waals surface area (Å²) in [6.45, 7) is 10.8. The maximum absolute atomic E-state index is 12.4. The first-order chi connectivity index (χ1) is 11.5. The molecule has 0 aliphatic carbocycles. The summed E-state index contributed by atoms with van der Waals surface area (Å²) in [6, 6.07) is 9.18. The van der Waals surface area contributed by atoms with Gasteiger partial charge >= 0.3 is 12.1 Å². The number of benzene rings is 1. The van der Waals surface area contributed by atoms with E-state index in [4.69, 9.17) is 15.2 Å². The van der Waals surface area contributed by atoms with Crippen LogP contribution < -0.4 is 5.73 Å². The molecule has 1 aromatic rings. The number of nitrogens with two attached hydrogens (primary N) is 1. The Kier molecular flexibility index (Phi) is 7.42. The number of carbonyl (C=O) groups is 2.